The summed E-state index contributed by atoms with van der Waals surface area (Å²) in [6, 6.07) is 3.28. The van der Waals surface area contributed by atoms with Crippen LogP contribution >= 0.6 is 0 Å². The van der Waals surface area contributed by atoms with Crippen LogP contribution in [0.5, 0.6) is 0 Å². The maximum Gasteiger partial charge on any atom is 0.240 e. The molecule has 1 aromatic carbocycles. The van der Waals surface area contributed by atoms with Gasteiger partial charge in [-0.1, -0.05) is 6.42 Å². The average molecular weight is 312 g/mol. The number of benzene rings is 1. The molecule has 3 N–H and O–H groups in total. The molecule has 0 aliphatic heterocycles. The van der Waals surface area contributed by atoms with Crippen LogP contribution in [0.15, 0.2) is 23.1 Å². The second kappa shape index (κ2) is 5.25. The summed E-state index contributed by atoms with van der Waals surface area (Å²) in [7, 11) is -3.73. The van der Waals surface area contributed by atoms with Crippen LogP contribution in [0.3, 0.4) is 0 Å². The van der Waals surface area contributed by atoms with E-state index in [0.29, 0.717) is 11.8 Å². The van der Waals surface area contributed by atoms with Crippen LogP contribution in [0.2, 0.25) is 0 Å². The van der Waals surface area contributed by atoms with E-state index < -0.39 is 15.8 Å². The van der Waals surface area contributed by atoms with Gasteiger partial charge in [-0.25, -0.2) is 17.5 Å². The number of nitrogen functional groups attached to an aromatic ring is 1. The van der Waals surface area contributed by atoms with Gasteiger partial charge in [0.15, 0.2) is 0 Å². The Morgan fingerprint density at radius 3 is 2.62 bits per heavy atom. The number of rotatable bonds is 4. The number of anilines is 1. The number of nitrogens with two attached hydrogens (primary N) is 1. The summed E-state index contributed by atoms with van der Waals surface area (Å²) < 4.78 is 40.8. The molecule has 0 heterocycles. The van der Waals surface area contributed by atoms with E-state index in [9.17, 15) is 12.8 Å². The Bertz CT molecular complexity index is 627. The fraction of sp³-hybridized carbons (Fsp3) is 0.600. The van der Waals surface area contributed by atoms with Gasteiger partial charge in [-0.2, -0.15) is 0 Å². The molecule has 3 rings (SSSR count). The molecule has 0 spiro atoms. The number of hydrogen-bond donors (Lipinski definition) is 2. The van der Waals surface area contributed by atoms with Gasteiger partial charge in [0.2, 0.25) is 10.0 Å². The van der Waals surface area contributed by atoms with Gasteiger partial charge in [0.1, 0.15) is 5.82 Å². The largest absolute Gasteiger partial charge is 0.399 e. The summed E-state index contributed by atoms with van der Waals surface area (Å²) in [6.45, 7) is 1.91. The predicted octanol–water partition coefficient (Wildman–Crippen LogP) is 2.51. The molecule has 4 atom stereocenters. The molecule has 2 fully saturated rings. The average Bonchev–Trinajstić information content (AvgIpc) is 2.99. The van der Waals surface area contributed by atoms with E-state index >= 15 is 0 Å². The minimum atomic E-state index is -3.73. The van der Waals surface area contributed by atoms with Crippen molar-refractivity contribution in [2.24, 2.45) is 17.8 Å². The zero-order valence-electron chi connectivity index (χ0n) is 12.0. The summed E-state index contributed by atoms with van der Waals surface area (Å²) in [5.74, 6) is 1.15. The Balaban J connectivity index is 1.76. The van der Waals surface area contributed by atoms with Crippen molar-refractivity contribution < 1.29 is 12.8 Å². The van der Waals surface area contributed by atoms with E-state index in [-0.39, 0.29) is 16.6 Å². The second-order valence-electron chi connectivity index (χ2n) is 6.47. The number of sulfonamides is 1. The number of halogens is 1. The van der Waals surface area contributed by atoms with Crippen molar-refractivity contribution in [3.63, 3.8) is 0 Å². The third-order valence-corrected chi connectivity index (χ3v) is 6.52. The minimum absolute atomic E-state index is 0.102. The van der Waals surface area contributed by atoms with E-state index in [1.807, 2.05) is 6.92 Å². The Morgan fingerprint density at radius 2 is 2.05 bits per heavy atom. The molecule has 21 heavy (non-hydrogen) atoms. The van der Waals surface area contributed by atoms with Crippen LogP contribution in [-0.2, 0) is 10.0 Å². The summed E-state index contributed by atoms with van der Waals surface area (Å²) in [4.78, 5) is -0.102. The quantitative estimate of drug-likeness (QED) is 0.839. The smallest absolute Gasteiger partial charge is 0.240 e. The molecule has 2 bridgehead atoms. The van der Waals surface area contributed by atoms with E-state index in [1.54, 1.807) is 0 Å². The fourth-order valence-corrected chi connectivity index (χ4v) is 5.41. The van der Waals surface area contributed by atoms with Crippen molar-refractivity contribution in [2.45, 2.75) is 43.5 Å². The molecule has 0 aromatic heterocycles. The lowest BCUT2D eigenvalue weighted by molar-refractivity contribution is 0.280. The zero-order valence-corrected chi connectivity index (χ0v) is 12.9. The van der Waals surface area contributed by atoms with Gasteiger partial charge in [-0.15, -0.1) is 0 Å². The third-order valence-electron chi connectivity index (χ3n) is 4.98. The SMILES string of the molecule is CC(NS(=O)(=O)c1cc(N)cc(F)c1)C1CC2CCC1C2. The Hall–Kier alpha value is -1.14. The summed E-state index contributed by atoms with van der Waals surface area (Å²) in [5, 5.41) is 0. The van der Waals surface area contributed by atoms with Gasteiger partial charge >= 0.3 is 0 Å². The Labute approximate surface area is 125 Å². The third kappa shape index (κ3) is 2.92. The summed E-state index contributed by atoms with van der Waals surface area (Å²) in [6.07, 6.45) is 4.80. The second-order valence-corrected chi connectivity index (χ2v) is 8.18. The highest BCUT2D eigenvalue weighted by Crippen LogP contribution is 2.49. The van der Waals surface area contributed by atoms with Crippen molar-refractivity contribution >= 4 is 15.7 Å². The van der Waals surface area contributed by atoms with Gasteiger partial charge in [0.05, 0.1) is 4.90 Å². The lowest BCUT2D eigenvalue weighted by Gasteiger charge is -2.28. The predicted molar refractivity (Wildman–Crippen MR) is 79.5 cm³/mol. The monoisotopic (exact) mass is 312 g/mol. The molecular weight excluding hydrogens is 291 g/mol. The van der Waals surface area contributed by atoms with Gasteiger partial charge in [-0.05, 0) is 62.1 Å². The van der Waals surface area contributed by atoms with E-state index in [1.165, 1.54) is 25.3 Å². The van der Waals surface area contributed by atoms with E-state index in [0.717, 1.165) is 24.5 Å². The first kappa shape index (κ1) is 14.8. The highest BCUT2D eigenvalue weighted by atomic mass is 32.2. The highest BCUT2D eigenvalue weighted by molar-refractivity contribution is 7.89. The van der Waals surface area contributed by atoms with Gasteiger partial charge in [-0.3, -0.25) is 0 Å². The van der Waals surface area contributed by atoms with Crippen molar-refractivity contribution in [3.8, 4) is 0 Å². The van der Waals surface area contributed by atoms with Crippen molar-refractivity contribution in [3.05, 3.63) is 24.0 Å². The van der Waals surface area contributed by atoms with Crippen molar-refractivity contribution in [1.82, 2.24) is 4.72 Å². The standard InChI is InChI=1S/C15H21FN2O2S/c1-9(15-5-10-2-3-11(15)4-10)18-21(19,20)14-7-12(16)6-13(17)8-14/h6-11,15,18H,2-5,17H2,1H3. The first-order valence-corrected chi connectivity index (χ1v) is 8.92. The van der Waals surface area contributed by atoms with E-state index in [2.05, 4.69) is 4.72 Å². The molecule has 2 aliphatic rings. The Morgan fingerprint density at radius 1 is 1.29 bits per heavy atom. The number of hydrogen-bond acceptors (Lipinski definition) is 3. The lowest BCUT2D eigenvalue weighted by Crippen LogP contribution is -2.40. The molecule has 116 valence electrons. The topological polar surface area (TPSA) is 72.2 Å². The van der Waals surface area contributed by atoms with Crippen LogP contribution in [-0.4, -0.2) is 14.5 Å². The van der Waals surface area contributed by atoms with Crippen LogP contribution in [0.1, 0.15) is 32.6 Å². The highest BCUT2D eigenvalue weighted by Gasteiger charge is 2.42. The summed E-state index contributed by atoms with van der Waals surface area (Å²) >= 11 is 0. The molecule has 1 aromatic rings. The molecular formula is C15H21FN2O2S. The minimum Gasteiger partial charge on any atom is -0.399 e. The molecule has 0 saturated heterocycles. The number of fused-ring (bicyclic) bond motifs is 2. The Kier molecular flexibility index (Phi) is 3.69. The van der Waals surface area contributed by atoms with Crippen molar-refractivity contribution in [1.29, 1.82) is 0 Å². The molecule has 4 unspecified atom stereocenters. The van der Waals surface area contributed by atoms with E-state index in [4.69, 9.17) is 5.73 Å². The summed E-state index contributed by atoms with van der Waals surface area (Å²) in [5.41, 5.74) is 5.64. The van der Waals surface area contributed by atoms with Crippen LogP contribution in [0, 0.1) is 23.6 Å². The van der Waals surface area contributed by atoms with Crippen LogP contribution in [0.25, 0.3) is 0 Å². The number of nitrogens with one attached hydrogen (secondary N) is 1. The maximum absolute atomic E-state index is 13.3. The van der Waals surface area contributed by atoms with Crippen LogP contribution < -0.4 is 10.5 Å². The van der Waals surface area contributed by atoms with Gasteiger partial charge in [0.25, 0.3) is 0 Å². The molecule has 0 amide bonds. The molecule has 0 radical (unpaired) electrons. The van der Waals surface area contributed by atoms with Gasteiger partial charge < -0.3 is 5.73 Å². The zero-order chi connectivity index (χ0) is 15.2. The van der Waals surface area contributed by atoms with Crippen LogP contribution in [0.4, 0.5) is 10.1 Å². The maximum atomic E-state index is 13.3. The normalized spacial score (nSPS) is 29.7. The molecule has 2 aliphatic carbocycles. The van der Waals surface area contributed by atoms with Crippen molar-refractivity contribution in [2.75, 3.05) is 5.73 Å². The molecule has 6 heteroatoms. The first-order valence-electron chi connectivity index (χ1n) is 7.43. The lowest BCUT2D eigenvalue weighted by atomic mass is 9.84. The van der Waals surface area contributed by atoms with Gasteiger partial charge in [0, 0.05) is 11.7 Å². The fourth-order valence-electron chi connectivity index (χ4n) is 4.05. The molecule has 4 nitrogen and oxygen atoms in total. The molecule has 2 saturated carbocycles. The first-order chi connectivity index (χ1) is 9.85.